The second-order valence-electron chi connectivity index (χ2n) is 7.70. The van der Waals surface area contributed by atoms with Crippen molar-refractivity contribution in [2.45, 2.75) is 77.3 Å². The summed E-state index contributed by atoms with van der Waals surface area (Å²) < 4.78 is 65.2. The average Bonchev–Trinajstić information content (AvgIpc) is 2.59. The van der Waals surface area contributed by atoms with Gasteiger partial charge in [0.15, 0.2) is 0 Å². The minimum absolute atomic E-state index is 0.307. The number of alkyl halides is 3. The molecule has 0 bridgehead atoms. The fourth-order valence-electron chi connectivity index (χ4n) is 3.95. The molecule has 2 rings (SSSR count). The highest BCUT2D eigenvalue weighted by molar-refractivity contribution is 5.28. The zero-order valence-corrected chi connectivity index (χ0v) is 15.9. The number of benzene rings is 1. The molecular weight excluding hydrogens is 359 g/mol. The van der Waals surface area contributed by atoms with Gasteiger partial charge in [-0.1, -0.05) is 51.2 Å². The van der Waals surface area contributed by atoms with Gasteiger partial charge in [0.05, 0.1) is 0 Å². The van der Waals surface area contributed by atoms with Crippen LogP contribution in [0, 0.1) is 23.5 Å². The van der Waals surface area contributed by atoms with Gasteiger partial charge in [-0.15, -0.1) is 0 Å². The molecule has 0 radical (unpaired) electrons. The Balaban J connectivity index is 1.77. The van der Waals surface area contributed by atoms with Gasteiger partial charge in [-0.3, -0.25) is 0 Å². The summed E-state index contributed by atoms with van der Waals surface area (Å²) in [5, 5.41) is 0. The molecule has 152 valence electrons. The first kappa shape index (κ1) is 21.9. The van der Waals surface area contributed by atoms with E-state index in [4.69, 9.17) is 0 Å². The Morgan fingerprint density at radius 1 is 0.889 bits per heavy atom. The lowest BCUT2D eigenvalue weighted by molar-refractivity contribution is -0.142. The van der Waals surface area contributed by atoms with Gasteiger partial charge in [0, 0.05) is 0 Å². The number of rotatable bonds is 8. The van der Waals surface area contributed by atoms with Crippen LogP contribution in [0.1, 0.15) is 75.8 Å². The van der Waals surface area contributed by atoms with Crippen LogP contribution in [-0.4, -0.2) is 0 Å². The minimum atomic E-state index is -5.00. The Morgan fingerprint density at radius 2 is 1.41 bits per heavy atom. The lowest BCUT2D eigenvalue weighted by Gasteiger charge is -2.28. The number of unbranched alkanes of at least 4 members (excludes halogenated alkanes) is 1. The third kappa shape index (κ3) is 6.93. The van der Waals surface area contributed by atoms with E-state index in [1.54, 1.807) is 0 Å². The van der Waals surface area contributed by atoms with Gasteiger partial charge in [-0.25, -0.2) is 8.78 Å². The fourth-order valence-corrected chi connectivity index (χ4v) is 3.95. The van der Waals surface area contributed by atoms with E-state index in [-0.39, 0.29) is 0 Å². The largest absolute Gasteiger partial charge is 0.422 e. The summed E-state index contributed by atoms with van der Waals surface area (Å²) in [6, 6.07) is 1.67. The summed E-state index contributed by atoms with van der Waals surface area (Å²) in [4.78, 5) is 0. The normalized spacial score (nSPS) is 21.1. The predicted molar refractivity (Wildman–Crippen MR) is 98.4 cm³/mol. The highest BCUT2D eigenvalue weighted by Crippen LogP contribution is 2.36. The second-order valence-corrected chi connectivity index (χ2v) is 7.70. The molecule has 0 nitrogen and oxygen atoms in total. The minimum Gasteiger partial charge on any atom is -0.206 e. The van der Waals surface area contributed by atoms with E-state index >= 15 is 0 Å². The molecule has 0 aromatic heterocycles. The van der Waals surface area contributed by atoms with Crippen LogP contribution in [0.25, 0.3) is 0 Å². The predicted octanol–water partition coefficient (Wildman–Crippen LogP) is 7.86. The monoisotopic (exact) mass is 388 g/mol. The number of halogens is 5. The van der Waals surface area contributed by atoms with Crippen molar-refractivity contribution in [3.05, 3.63) is 47.0 Å². The van der Waals surface area contributed by atoms with E-state index in [0.29, 0.717) is 17.9 Å². The molecule has 0 unspecified atom stereocenters. The molecule has 1 aliphatic carbocycles. The first-order valence-electron chi connectivity index (χ1n) is 10.0. The van der Waals surface area contributed by atoms with Gasteiger partial charge in [0.1, 0.15) is 17.2 Å². The van der Waals surface area contributed by atoms with E-state index < -0.39 is 23.4 Å². The highest BCUT2D eigenvalue weighted by Gasteiger charge is 2.37. The van der Waals surface area contributed by atoms with Crippen LogP contribution in [0.4, 0.5) is 22.0 Å². The number of hydrogen-bond donors (Lipinski definition) is 0. The molecule has 27 heavy (non-hydrogen) atoms. The zero-order chi connectivity index (χ0) is 19.9. The maximum Gasteiger partial charge on any atom is 0.422 e. The van der Waals surface area contributed by atoms with Crippen molar-refractivity contribution in [2.75, 3.05) is 0 Å². The number of allylic oxidation sites excluding steroid dienone is 2. The zero-order valence-electron chi connectivity index (χ0n) is 15.9. The molecule has 0 spiro atoms. The lowest BCUT2D eigenvalue weighted by atomic mass is 9.78. The Hall–Kier alpha value is -1.39. The first-order chi connectivity index (χ1) is 12.8. The third-order valence-corrected chi connectivity index (χ3v) is 5.56. The SMILES string of the molecule is CCC/C=C/CC[C@H]1CC[C@H](CCc2cc(F)c(C(F)(F)F)c(F)c2)CC1. The molecule has 0 N–H and O–H groups in total. The van der Waals surface area contributed by atoms with Crippen molar-refractivity contribution < 1.29 is 22.0 Å². The number of hydrogen-bond acceptors (Lipinski definition) is 0. The van der Waals surface area contributed by atoms with E-state index in [1.807, 2.05) is 0 Å². The molecule has 0 amide bonds. The Bertz CT molecular complexity index is 587. The summed E-state index contributed by atoms with van der Waals surface area (Å²) in [5.41, 5.74) is -1.49. The van der Waals surface area contributed by atoms with Gasteiger partial charge < -0.3 is 0 Å². The molecule has 1 fully saturated rings. The molecule has 0 saturated heterocycles. The Labute approximate surface area is 158 Å². The van der Waals surface area contributed by atoms with Gasteiger partial charge in [-0.2, -0.15) is 13.2 Å². The van der Waals surface area contributed by atoms with Crippen LogP contribution in [0.3, 0.4) is 0 Å². The molecule has 0 atom stereocenters. The first-order valence-corrected chi connectivity index (χ1v) is 10.0. The van der Waals surface area contributed by atoms with Gasteiger partial charge in [0.25, 0.3) is 0 Å². The topological polar surface area (TPSA) is 0 Å². The Morgan fingerprint density at radius 3 is 1.93 bits per heavy atom. The molecule has 1 aromatic rings. The van der Waals surface area contributed by atoms with Gasteiger partial charge >= 0.3 is 6.18 Å². The summed E-state index contributed by atoms with van der Waals surface area (Å²) in [7, 11) is 0. The summed E-state index contributed by atoms with van der Waals surface area (Å²) in [6.45, 7) is 2.17. The van der Waals surface area contributed by atoms with Crippen molar-refractivity contribution in [3.63, 3.8) is 0 Å². The van der Waals surface area contributed by atoms with Crippen LogP contribution in [0.15, 0.2) is 24.3 Å². The van der Waals surface area contributed by atoms with Crippen molar-refractivity contribution in [3.8, 4) is 0 Å². The third-order valence-electron chi connectivity index (χ3n) is 5.56. The van der Waals surface area contributed by atoms with Crippen LogP contribution in [-0.2, 0) is 12.6 Å². The maximum absolute atomic E-state index is 13.7. The van der Waals surface area contributed by atoms with Crippen molar-refractivity contribution in [2.24, 2.45) is 11.8 Å². The standard InChI is InChI=1S/C22H29F5/c1-2-3-4-5-6-7-16-8-10-17(11-9-16)12-13-18-14-19(23)21(20(24)15-18)22(25,26)27/h4-5,14-17H,2-3,6-13H2,1H3/b5-4+/t16-,17-. The second kappa shape index (κ2) is 10.2. The fraction of sp³-hybridized carbons (Fsp3) is 0.636. The van der Waals surface area contributed by atoms with E-state index in [2.05, 4.69) is 19.1 Å². The quantitative estimate of drug-likeness (QED) is 0.314. The van der Waals surface area contributed by atoms with E-state index in [0.717, 1.165) is 50.2 Å². The van der Waals surface area contributed by atoms with Crippen molar-refractivity contribution in [1.29, 1.82) is 0 Å². The van der Waals surface area contributed by atoms with Crippen LogP contribution < -0.4 is 0 Å². The van der Waals surface area contributed by atoms with Gasteiger partial charge in [-0.05, 0) is 61.6 Å². The van der Waals surface area contributed by atoms with Crippen molar-refractivity contribution >= 4 is 0 Å². The molecular formula is C22H29F5. The smallest absolute Gasteiger partial charge is 0.206 e. The van der Waals surface area contributed by atoms with Crippen LogP contribution in [0.2, 0.25) is 0 Å². The maximum atomic E-state index is 13.7. The Kier molecular flexibility index (Phi) is 8.30. The van der Waals surface area contributed by atoms with E-state index in [9.17, 15) is 22.0 Å². The summed E-state index contributed by atoms with van der Waals surface area (Å²) in [5.74, 6) is -1.80. The molecule has 1 aliphatic rings. The molecule has 0 aliphatic heterocycles. The van der Waals surface area contributed by atoms with Crippen LogP contribution >= 0.6 is 0 Å². The molecule has 1 saturated carbocycles. The summed E-state index contributed by atoms with van der Waals surface area (Å²) in [6.07, 6.45) is 9.87. The number of aryl methyl sites for hydroxylation is 1. The van der Waals surface area contributed by atoms with E-state index in [1.165, 1.54) is 25.7 Å². The van der Waals surface area contributed by atoms with Crippen molar-refractivity contribution in [1.82, 2.24) is 0 Å². The lowest BCUT2D eigenvalue weighted by Crippen LogP contribution is -2.15. The summed E-state index contributed by atoms with van der Waals surface area (Å²) >= 11 is 0. The molecule has 0 heterocycles. The van der Waals surface area contributed by atoms with Gasteiger partial charge in [0.2, 0.25) is 0 Å². The molecule has 5 heteroatoms. The highest BCUT2D eigenvalue weighted by atomic mass is 19.4. The average molecular weight is 388 g/mol. The molecule has 1 aromatic carbocycles. The van der Waals surface area contributed by atoms with Crippen LogP contribution in [0.5, 0.6) is 0 Å².